The summed E-state index contributed by atoms with van der Waals surface area (Å²) in [5.41, 5.74) is 1.60. The molecular formula is C12H16O. The second-order valence-corrected chi connectivity index (χ2v) is 4.54. The second-order valence-electron chi connectivity index (χ2n) is 4.54. The number of ether oxygens (including phenoxy) is 1. The van der Waals surface area contributed by atoms with Crippen molar-refractivity contribution in [1.29, 1.82) is 0 Å². The molecule has 0 radical (unpaired) electrons. The fourth-order valence-corrected chi connectivity index (χ4v) is 1.78. The zero-order chi connectivity index (χ0) is 9.47. The van der Waals surface area contributed by atoms with Crippen LogP contribution in [0.25, 0.3) is 0 Å². The van der Waals surface area contributed by atoms with E-state index >= 15 is 0 Å². The van der Waals surface area contributed by atoms with Crippen LogP contribution in [0.5, 0.6) is 5.75 Å². The first-order valence-corrected chi connectivity index (χ1v) is 4.83. The Morgan fingerprint density at radius 2 is 2.00 bits per heavy atom. The summed E-state index contributed by atoms with van der Waals surface area (Å²) in [6, 6.07) is 8.34. The molecular weight excluding hydrogens is 160 g/mol. The third kappa shape index (κ3) is 1.32. The van der Waals surface area contributed by atoms with E-state index in [1.54, 1.807) is 0 Å². The molecule has 70 valence electrons. The molecule has 1 atom stereocenters. The van der Waals surface area contributed by atoms with E-state index in [-0.39, 0.29) is 5.41 Å². The molecule has 0 spiro atoms. The summed E-state index contributed by atoms with van der Waals surface area (Å²) < 4.78 is 5.71. The highest BCUT2D eigenvalue weighted by Crippen LogP contribution is 2.43. The minimum atomic E-state index is 0.258. The number of hydrogen-bond donors (Lipinski definition) is 0. The summed E-state index contributed by atoms with van der Waals surface area (Å²) in [5.74, 6) is 1.65. The van der Waals surface area contributed by atoms with Crippen molar-refractivity contribution in [3.63, 3.8) is 0 Å². The van der Waals surface area contributed by atoms with Gasteiger partial charge in [-0.05, 0) is 17.5 Å². The molecule has 0 aromatic heterocycles. The Kier molecular flexibility index (Phi) is 1.83. The van der Waals surface area contributed by atoms with Gasteiger partial charge >= 0.3 is 0 Å². The smallest absolute Gasteiger partial charge is 0.122 e. The van der Waals surface area contributed by atoms with Crippen molar-refractivity contribution in [2.75, 3.05) is 6.61 Å². The van der Waals surface area contributed by atoms with Crippen LogP contribution in [0, 0.1) is 5.41 Å². The van der Waals surface area contributed by atoms with E-state index < -0.39 is 0 Å². The van der Waals surface area contributed by atoms with Crippen LogP contribution in [-0.4, -0.2) is 6.61 Å². The monoisotopic (exact) mass is 176 g/mol. The lowest BCUT2D eigenvalue weighted by Crippen LogP contribution is -2.32. The Bertz CT molecular complexity index is 315. The SMILES string of the molecule is CC1c2ccccc2OCC1(C)C. The van der Waals surface area contributed by atoms with E-state index in [2.05, 4.69) is 39.0 Å². The standard InChI is InChI=1S/C12H16O/c1-9-10-6-4-5-7-11(10)13-8-12(9,2)3/h4-7,9H,8H2,1-3H3. The minimum Gasteiger partial charge on any atom is -0.493 e. The fraction of sp³-hybridized carbons (Fsp3) is 0.500. The van der Waals surface area contributed by atoms with Crippen molar-refractivity contribution in [2.24, 2.45) is 5.41 Å². The molecule has 0 N–H and O–H groups in total. The first kappa shape index (κ1) is 8.61. The molecule has 0 saturated heterocycles. The largest absolute Gasteiger partial charge is 0.493 e. The van der Waals surface area contributed by atoms with Crippen molar-refractivity contribution < 1.29 is 4.74 Å². The first-order chi connectivity index (χ1) is 6.11. The van der Waals surface area contributed by atoms with Gasteiger partial charge in [0, 0.05) is 5.41 Å². The van der Waals surface area contributed by atoms with E-state index in [1.165, 1.54) is 5.56 Å². The summed E-state index contributed by atoms with van der Waals surface area (Å²) >= 11 is 0. The Morgan fingerprint density at radius 1 is 1.31 bits per heavy atom. The summed E-state index contributed by atoms with van der Waals surface area (Å²) in [4.78, 5) is 0. The molecule has 0 bridgehead atoms. The molecule has 1 aliphatic rings. The predicted molar refractivity (Wildman–Crippen MR) is 54.1 cm³/mol. The summed E-state index contributed by atoms with van der Waals surface area (Å²) in [6.45, 7) is 7.62. The van der Waals surface area contributed by atoms with Crippen LogP contribution in [0.3, 0.4) is 0 Å². The second kappa shape index (κ2) is 2.76. The van der Waals surface area contributed by atoms with Crippen molar-refractivity contribution in [2.45, 2.75) is 26.7 Å². The van der Waals surface area contributed by atoms with Crippen molar-refractivity contribution >= 4 is 0 Å². The lowest BCUT2D eigenvalue weighted by Gasteiger charge is -2.37. The van der Waals surface area contributed by atoms with Gasteiger partial charge in [0.2, 0.25) is 0 Å². The van der Waals surface area contributed by atoms with E-state index in [9.17, 15) is 0 Å². The molecule has 1 nitrogen and oxygen atoms in total. The van der Waals surface area contributed by atoms with Crippen LogP contribution in [-0.2, 0) is 0 Å². The third-order valence-electron chi connectivity index (χ3n) is 3.16. The van der Waals surface area contributed by atoms with Gasteiger partial charge in [0.1, 0.15) is 5.75 Å². The highest BCUT2D eigenvalue weighted by molar-refractivity contribution is 5.38. The molecule has 2 rings (SSSR count). The molecule has 1 aromatic carbocycles. The number of fused-ring (bicyclic) bond motifs is 1. The molecule has 1 unspecified atom stereocenters. The van der Waals surface area contributed by atoms with Gasteiger partial charge < -0.3 is 4.74 Å². The van der Waals surface area contributed by atoms with Crippen LogP contribution in [0.2, 0.25) is 0 Å². The fourth-order valence-electron chi connectivity index (χ4n) is 1.78. The molecule has 1 aromatic rings. The topological polar surface area (TPSA) is 9.23 Å². The van der Waals surface area contributed by atoms with Gasteiger partial charge in [-0.3, -0.25) is 0 Å². The van der Waals surface area contributed by atoms with E-state index in [4.69, 9.17) is 4.74 Å². The molecule has 0 aliphatic carbocycles. The number of para-hydroxylation sites is 1. The molecule has 1 heteroatoms. The van der Waals surface area contributed by atoms with Crippen LogP contribution in [0.15, 0.2) is 24.3 Å². The van der Waals surface area contributed by atoms with Gasteiger partial charge in [0.15, 0.2) is 0 Å². The lowest BCUT2D eigenvalue weighted by molar-refractivity contribution is 0.127. The van der Waals surface area contributed by atoms with Crippen molar-refractivity contribution in [3.8, 4) is 5.75 Å². The maximum atomic E-state index is 5.71. The predicted octanol–water partition coefficient (Wildman–Crippen LogP) is 3.21. The highest BCUT2D eigenvalue weighted by atomic mass is 16.5. The van der Waals surface area contributed by atoms with E-state index in [0.29, 0.717) is 5.92 Å². The van der Waals surface area contributed by atoms with Crippen LogP contribution in [0.4, 0.5) is 0 Å². The van der Waals surface area contributed by atoms with Gasteiger partial charge in [0.25, 0.3) is 0 Å². The zero-order valence-electron chi connectivity index (χ0n) is 8.50. The van der Waals surface area contributed by atoms with Crippen molar-refractivity contribution in [1.82, 2.24) is 0 Å². The Balaban J connectivity index is 2.45. The average molecular weight is 176 g/mol. The number of hydrogen-bond acceptors (Lipinski definition) is 1. The van der Waals surface area contributed by atoms with Crippen LogP contribution in [0.1, 0.15) is 32.3 Å². The lowest BCUT2D eigenvalue weighted by atomic mass is 9.75. The summed E-state index contributed by atoms with van der Waals surface area (Å²) in [5, 5.41) is 0. The highest BCUT2D eigenvalue weighted by Gasteiger charge is 2.33. The van der Waals surface area contributed by atoms with Crippen LogP contribution < -0.4 is 4.74 Å². The Hall–Kier alpha value is -0.980. The van der Waals surface area contributed by atoms with Gasteiger partial charge in [-0.15, -0.1) is 0 Å². The normalized spacial score (nSPS) is 24.7. The number of benzene rings is 1. The molecule has 0 fully saturated rings. The average Bonchev–Trinajstić information content (AvgIpc) is 2.13. The quantitative estimate of drug-likeness (QED) is 0.589. The molecule has 13 heavy (non-hydrogen) atoms. The van der Waals surface area contributed by atoms with Crippen LogP contribution >= 0.6 is 0 Å². The number of rotatable bonds is 0. The maximum Gasteiger partial charge on any atom is 0.122 e. The molecule has 1 heterocycles. The summed E-state index contributed by atoms with van der Waals surface area (Å²) in [6.07, 6.45) is 0. The minimum absolute atomic E-state index is 0.258. The van der Waals surface area contributed by atoms with Gasteiger partial charge in [-0.1, -0.05) is 39.0 Å². The molecule has 1 aliphatic heterocycles. The van der Waals surface area contributed by atoms with E-state index in [1.807, 2.05) is 6.07 Å². The van der Waals surface area contributed by atoms with Crippen molar-refractivity contribution in [3.05, 3.63) is 29.8 Å². The van der Waals surface area contributed by atoms with Gasteiger partial charge in [-0.25, -0.2) is 0 Å². The van der Waals surface area contributed by atoms with Gasteiger partial charge in [-0.2, -0.15) is 0 Å². The molecule has 0 amide bonds. The summed E-state index contributed by atoms with van der Waals surface area (Å²) in [7, 11) is 0. The third-order valence-corrected chi connectivity index (χ3v) is 3.16. The zero-order valence-corrected chi connectivity index (χ0v) is 8.50. The Labute approximate surface area is 79.7 Å². The van der Waals surface area contributed by atoms with Gasteiger partial charge in [0.05, 0.1) is 6.61 Å². The Morgan fingerprint density at radius 3 is 2.77 bits per heavy atom. The van der Waals surface area contributed by atoms with E-state index in [0.717, 1.165) is 12.4 Å². The first-order valence-electron chi connectivity index (χ1n) is 4.83. The maximum absolute atomic E-state index is 5.71. The molecule has 0 saturated carbocycles.